The van der Waals surface area contributed by atoms with Crippen LogP contribution in [0.4, 0.5) is 0 Å². The van der Waals surface area contributed by atoms with Gasteiger partial charge in [-0.1, -0.05) is 110 Å². The van der Waals surface area contributed by atoms with Gasteiger partial charge in [-0.15, -0.1) is 8.19 Å². The summed E-state index contributed by atoms with van der Waals surface area (Å²) in [4.78, 5) is 2.94. The van der Waals surface area contributed by atoms with Crippen molar-refractivity contribution >= 4 is 17.9 Å². The van der Waals surface area contributed by atoms with Gasteiger partial charge in [0.1, 0.15) is 0 Å². The molecule has 2 nitrogen and oxygen atoms in total. The topological polar surface area (TPSA) is 34.1 Å². The second-order valence-corrected chi connectivity index (χ2v) is 16.2. The van der Waals surface area contributed by atoms with Crippen LogP contribution >= 0.6 is 8.19 Å². The van der Waals surface area contributed by atoms with Crippen LogP contribution in [0.1, 0.15) is 32.1 Å². The lowest BCUT2D eigenvalue weighted by molar-refractivity contribution is 0.508. The molecule has 148 valence electrons. The fourth-order valence-electron chi connectivity index (χ4n) is 5.27. The zero-order valence-corrected chi connectivity index (χ0v) is 17.8. The lowest BCUT2D eigenvalue weighted by Gasteiger charge is -2.63. The molecule has 0 aromatic heterocycles. The molecule has 1 fully saturated rings. The highest BCUT2D eigenvalue weighted by atomic mass is 33.2. The SMILES string of the molecule is O=[SH](=O)[SH](c1ccccc1)(c1ccccc1)(c1ccccc1)C1CCCCC1. The highest BCUT2D eigenvalue weighted by molar-refractivity contribution is 8.95. The predicted molar refractivity (Wildman–Crippen MR) is 120 cm³/mol. The van der Waals surface area contributed by atoms with Crippen molar-refractivity contribution in [2.24, 2.45) is 0 Å². The van der Waals surface area contributed by atoms with Gasteiger partial charge in [0.2, 0.25) is 0 Å². The summed E-state index contributed by atoms with van der Waals surface area (Å²) in [5, 5.41) is 0.119. The van der Waals surface area contributed by atoms with Crippen molar-refractivity contribution in [2.75, 3.05) is 0 Å². The van der Waals surface area contributed by atoms with Crippen molar-refractivity contribution < 1.29 is 8.42 Å². The van der Waals surface area contributed by atoms with Gasteiger partial charge in [-0.05, 0) is 32.8 Å². The summed E-state index contributed by atoms with van der Waals surface area (Å²) in [6.45, 7) is 0. The molecule has 3 aromatic carbocycles. The maximum Gasteiger partial charge on any atom is 0.170 e. The van der Waals surface area contributed by atoms with E-state index in [2.05, 4.69) is 36.4 Å². The minimum atomic E-state index is -3.72. The van der Waals surface area contributed by atoms with E-state index in [0.29, 0.717) is 0 Å². The Morgan fingerprint density at radius 3 is 1.25 bits per heavy atom. The molecule has 0 bridgehead atoms. The molecule has 28 heavy (non-hydrogen) atoms. The van der Waals surface area contributed by atoms with Gasteiger partial charge in [0, 0.05) is 0 Å². The molecule has 0 radical (unpaired) electrons. The number of hydrogen-bond acceptors (Lipinski definition) is 2. The summed E-state index contributed by atoms with van der Waals surface area (Å²) in [6.07, 6.45) is 5.30. The molecule has 0 heterocycles. The summed E-state index contributed by atoms with van der Waals surface area (Å²) in [7, 11) is -6.47. The minimum absolute atomic E-state index is 0.119. The largest absolute Gasteiger partial charge is 0.223 e. The van der Waals surface area contributed by atoms with Gasteiger partial charge in [-0.3, -0.25) is 0 Å². The number of hydrogen-bond donors (Lipinski definition) is 2. The van der Waals surface area contributed by atoms with Gasteiger partial charge in [0.15, 0.2) is 9.74 Å². The molecule has 4 heteroatoms. The number of rotatable bonds is 5. The lowest BCUT2D eigenvalue weighted by Crippen LogP contribution is -2.35. The van der Waals surface area contributed by atoms with E-state index in [1.165, 1.54) is 6.42 Å². The molecule has 1 aliphatic rings. The molecule has 0 amide bonds. The highest BCUT2D eigenvalue weighted by Gasteiger charge is 2.55. The van der Waals surface area contributed by atoms with Crippen molar-refractivity contribution in [1.82, 2.24) is 0 Å². The van der Waals surface area contributed by atoms with Crippen LogP contribution in [-0.4, -0.2) is 13.7 Å². The summed E-state index contributed by atoms with van der Waals surface area (Å²) < 4.78 is 27.5. The molecule has 1 aliphatic carbocycles. The summed E-state index contributed by atoms with van der Waals surface area (Å²) >= 11 is 0. The molecule has 0 saturated heterocycles. The normalized spacial score (nSPS) is 17.1. The van der Waals surface area contributed by atoms with Gasteiger partial charge >= 0.3 is 0 Å². The van der Waals surface area contributed by atoms with E-state index in [0.717, 1.165) is 40.4 Å². The second-order valence-electron chi connectivity index (χ2n) is 7.67. The maximum absolute atomic E-state index is 13.7. The first-order chi connectivity index (χ1) is 13.7. The molecule has 1 saturated carbocycles. The van der Waals surface area contributed by atoms with Gasteiger partial charge in [-0.2, -0.15) is 0 Å². The van der Waals surface area contributed by atoms with Crippen molar-refractivity contribution in [3.05, 3.63) is 91.0 Å². The van der Waals surface area contributed by atoms with Crippen LogP contribution in [0, 0.1) is 0 Å². The average molecular weight is 413 g/mol. The Balaban J connectivity index is 2.24. The van der Waals surface area contributed by atoms with E-state index >= 15 is 0 Å². The van der Waals surface area contributed by atoms with E-state index < -0.39 is 17.9 Å². The van der Waals surface area contributed by atoms with Crippen LogP contribution in [-0.2, 0) is 9.74 Å². The van der Waals surface area contributed by atoms with Crippen molar-refractivity contribution in [2.45, 2.75) is 52.0 Å². The summed E-state index contributed by atoms with van der Waals surface area (Å²) in [5.74, 6) is 0. The number of benzene rings is 3. The summed E-state index contributed by atoms with van der Waals surface area (Å²) in [6, 6.07) is 30.2. The Morgan fingerprint density at radius 2 is 0.929 bits per heavy atom. The highest BCUT2D eigenvalue weighted by Crippen LogP contribution is 2.90. The van der Waals surface area contributed by atoms with Crippen LogP contribution in [0.15, 0.2) is 106 Å². The monoisotopic (exact) mass is 412 g/mol. The standard InChI is InChI=1S/C24H28O2S2/c25-27(26)28(21-13-5-1-6-14-21,22-15-7-2-8-16-22,23-17-9-3-10-18-23)24-19-11-4-12-20-24/h1-3,5-10,13-18,24,27-28H,4,11-12,19-20H2. The minimum Gasteiger partial charge on any atom is -0.223 e. The van der Waals surface area contributed by atoms with E-state index in [-0.39, 0.29) is 5.25 Å². The Morgan fingerprint density at radius 1 is 0.571 bits per heavy atom. The van der Waals surface area contributed by atoms with Crippen LogP contribution in [0.25, 0.3) is 0 Å². The molecule has 4 rings (SSSR count). The Labute approximate surface area is 169 Å². The lowest BCUT2D eigenvalue weighted by atomic mass is 10.0. The van der Waals surface area contributed by atoms with Gasteiger partial charge in [0.25, 0.3) is 0 Å². The first-order valence-corrected chi connectivity index (χ1v) is 14.2. The Hall–Kier alpha value is -2.04. The third-order valence-electron chi connectivity index (χ3n) is 6.46. The van der Waals surface area contributed by atoms with Crippen molar-refractivity contribution in [3.63, 3.8) is 0 Å². The van der Waals surface area contributed by atoms with Crippen LogP contribution in [0.2, 0.25) is 0 Å². The predicted octanol–water partition coefficient (Wildman–Crippen LogP) is 6.10. The molecule has 0 aliphatic heterocycles. The molecule has 0 unspecified atom stereocenters. The Bertz CT molecular complexity index is 885. The maximum atomic E-state index is 13.7. The molecule has 3 aromatic rings. The molecule has 0 atom stereocenters. The van der Waals surface area contributed by atoms with Crippen molar-refractivity contribution in [3.8, 4) is 0 Å². The third-order valence-corrected chi connectivity index (χ3v) is 18.2. The molecular formula is C24H28O2S2. The zero-order chi connectivity index (χ0) is 19.5. The van der Waals surface area contributed by atoms with Crippen LogP contribution in [0.5, 0.6) is 0 Å². The van der Waals surface area contributed by atoms with E-state index in [1.807, 2.05) is 54.6 Å². The average Bonchev–Trinajstić information content (AvgIpc) is 2.78. The van der Waals surface area contributed by atoms with E-state index in [9.17, 15) is 8.42 Å². The third kappa shape index (κ3) is 2.58. The fourth-order valence-corrected chi connectivity index (χ4v) is 16.3. The fraction of sp³-hybridized carbons (Fsp3) is 0.250. The van der Waals surface area contributed by atoms with Crippen LogP contribution < -0.4 is 0 Å². The number of thiol groups is 2. The Kier molecular flexibility index (Phi) is 5.35. The quantitative estimate of drug-likeness (QED) is 0.392. The van der Waals surface area contributed by atoms with Gasteiger partial charge in [-0.25, -0.2) is 8.42 Å². The first kappa shape index (κ1) is 19.3. The summed E-state index contributed by atoms with van der Waals surface area (Å²) in [5.41, 5.74) is 0. The van der Waals surface area contributed by atoms with Gasteiger partial charge < -0.3 is 0 Å². The van der Waals surface area contributed by atoms with E-state index in [4.69, 9.17) is 0 Å². The molecule has 0 N–H and O–H groups in total. The first-order valence-electron chi connectivity index (χ1n) is 10.0. The molecular weight excluding hydrogens is 384 g/mol. The second kappa shape index (κ2) is 7.76. The zero-order valence-electron chi connectivity index (χ0n) is 16.0. The van der Waals surface area contributed by atoms with Crippen molar-refractivity contribution in [1.29, 1.82) is 0 Å². The smallest absolute Gasteiger partial charge is 0.170 e. The van der Waals surface area contributed by atoms with E-state index in [1.54, 1.807) is 0 Å². The van der Waals surface area contributed by atoms with Crippen LogP contribution in [0.3, 0.4) is 0 Å². The van der Waals surface area contributed by atoms with Gasteiger partial charge in [0.05, 0.1) is 0 Å². The molecule has 0 spiro atoms.